The van der Waals surface area contributed by atoms with Crippen LogP contribution in [0, 0.1) is 17.8 Å². The molecule has 3 heteroatoms. The van der Waals surface area contributed by atoms with Crippen molar-refractivity contribution in [1.82, 2.24) is 4.98 Å². The molecule has 126 valence electrons. The fourth-order valence-electron chi connectivity index (χ4n) is 5.93. The maximum atomic E-state index is 5.55. The second-order valence-corrected chi connectivity index (χ2v) is 9.05. The molecule has 2 aromatic rings. The molecule has 0 atom stereocenters. The van der Waals surface area contributed by atoms with Gasteiger partial charge in [-0.25, -0.2) is 4.98 Å². The minimum Gasteiger partial charge on any atom is -0.494 e. The monoisotopic (exact) mass is 339 g/mol. The maximum absolute atomic E-state index is 5.55. The molecule has 0 N–H and O–H groups in total. The average Bonchev–Trinajstić information content (AvgIpc) is 3.05. The van der Waals surface area contributed by atoms with Gasteiger partial charge in [0.25, 0.3) is 0 Å². The highest BCUT2D eigenvalue weighted by molar-refractivity contribution is 7.13. The van der Waals surface area contributed by atoms with Crippen LogP contribution < -0.4 is 4.74 Å². The number of hydrogen-bond donors (Lipinski definition) is 0. The summed E-state index contributed by atoms with van der Waals surface area (Å²) in [6, 6.07) is 8.41. The molecule has 0 spiro atoms. The minimum atomic E-state index is 0.411. The van der Waals surface area contributed by atoms with Crippen LogP contribution in [0.1, 0.15) is 51.1 Å². The lowest BCUT2D eigenvalue weighted by Crippen LogP contribution is -2.48. The van der Waals surface area contributed by atoms with E-state index in [0.29, 0.717) is 12.0 Å². The molecule has 4 fully saturated rings. The van der Waals surface area contributed by atoms with E-state index >= 15 is 0 Å². The zero-order valence-corrected chi connectivity index (χ0v) is 15.1. The molecule has 0 radical (unpaired) electrons. The minimum absolute atomic E-state index is 0.411. The molecular formula is C21H25NOS. The SMILES string of the molecule is CCOc1ccc(-c2nc(C34CC5CC(CC(C5)C3)C4)cs2)cc1. The van der Waals surface area contributed by atoms with Crippen molar-refractivity contribution < 1.29 is 4.74 Å². The number of benzene rings is 1. The van der Waals surface area contributed by atoms with E-state index in [-0.39, 0.29) is 0 Å². The first kappa shape index (κ1) is 14.9. The Morgan fingerprint density at radius 1 is 1.04 bits per heavy atom. The van der Waals surface area contributed by atoms with Gasteiger partial charge < -0.3 is 4.74 Å². The molecule has 2 nitrogen and oxygen atoms in total. The van der Waals surface area contributed by atoms with Crippen molar-refractivity contribution in [2.24, 2.45) is 17.8 Å². The van der Waals surface area contributed by atoms with Gasteiger partial charge in [-0.1, -0.05) is 0 Å². The largest absolute Gasteiger partial charge is 0.494 e. The summed E-state index contributed by atoms with van der Waals surface area (Å²) in [6.45, 7) is 2.74. The lowest BCUT2D eigenvalue weighted by Gasteiger charge is -2.56. The van der Waals surface area contributed by atoms with Crippen molar-refractivity contribution >= 4 is 11.3 Å². The van der Waals surface area contributed by atoms with Crippen LogP contribution in [0.2, 0.25) is 0 Å². The van der Waals surface area contributed by atoms with Gasteiger partial charge in [0.1, 0.15) is 10.8 Å². The fraction of sp³-hybridized carbons (Fsp3) is 0.571. The number of rotatable bonds is 4. The second kappa shape index (κ2) is 5.59. The van der Waals surface area contributed by atoms with Crippen LogP contribution in [0.5, 0.6) is 5.75 Å². The second-order valence-electron chi connectivity index (χ2n) is 8.19. The Kier molecular flexibility index (Phi) is 3.48. The number of nitrogens with zero attached hydrogens (tertiary/aromatic N) is 1. The van der Waals surface area contributed by atoms with Crippen LogP contribution in [-0.4, -0.2) is 11.6 Å². The Morgan fingerprint density at radius 3 is 2.25 bits per heavy atom. The van der Waals surface area contributed by atoms with Gasteiger partial charge >= 0.3 is 0 Å². The molecule has 0 saturated heterocycles. The predicted molar refractivity (Wildman–Crippen MR) is 98.6 cm³/mol. The van der Waals surface area contributed by atoms with Crippen LogP contribution in [0.4, 0.5) is 0 Å². The molecule has 1 heterocycles. The Morgan fingerprint density at radius 2 is 1.67 bits per heavy atom. The number of ether oxygens (including phenoxy) is 1. The van der Waals surface area contributed by atoms with Gasteiger partial charge in [0.2, 0.25) is 0 Å². The van der Waals surface area contributed by atoms with Crippen LogP contribution >= 0.6 is 11.3 Å². The van der Waals surface area contributed by atoms with Crippen molar-refractivity contribution in [2.75, 3.05) is 6.61 Å². The summed E-state index contributed by atoms with van der Waals surface area (Å²) < 4.78 is 5.55. The molecule has 1 aromatic carbocycles. The summed E-state index contributed by atoms with van der Waals surface area (Å²) >= 11 is 1.82. The van der Waals surface area contributed by atoms with Crippen molar-refractivity contribution in [3.63, 3.8) is 0 Å². The first-order valence-corrected chi connectivity index (χ1v) is 10.3. The zero-order chi connectivity index (χ0) is 16.1. The van der Waals surface area contributed by atoms with Gasteiger partial charge in [0, 0.05) is 16.4 Å². The summed E-state index contributed by atoms with van der Waals surface area (Å²) in [6.07, 6.45) is 8.67. The van der Waals surface area contributed by atoms with Crippen molar-refractivity contribution in [1.29, 1.82) is 0 Å². The summed E-state index contributed by atoms with van der Waals surface area (Å²) in [4.78, 5) is 5.12. The third-order valence-corrected chi connectivity index (χ3v) is 7.39. The predicted octanol–water partition coefficient (Wildman–Crippen LogP) is 5.68. The van der Waals surface area contributed by atoms with Gasteiger partial charge in [-0.15, -0.1) is 11.3 Å². The van der Waals surface area contributed by atoms with E-state index in [4.69, 9.17) is 9.72 Å². The van der Waals surface area contributed by atoms with Crippen LogP contribution in [0.3, 0.4) is 0 Å². The van der Waals surface area contributed by atoms with Crippen molar-refractivity contribution in [3.05, 3.63) is 35.3 Å². The molecule has 4 aliphatic rings. The van der Waals surface area contributed by atoms with Crippen molar-refractivity contribution in [2.45, 2.75) is 50.9 Å². The lowest BCUT2D eigenvalue weighted by atomic mass is 9.49. The molecule has 4 saturated carbocycles. The van der Waals surface area contributed by atoms with E-state index in [1.54, 1.807) is 0 Å². The molecule has 0 amide bonds. The smallest absolute Gasteiger partial charge is 0.123 e. The van der Waals surface area contributed by atoms with Gasteiger partial charge in [-0.3, -0.25) is 0 Å². The maximum Gasteiger partial charge on any atom is 0.123 e. The van der Waals surface area contributed by atoms with Crippen LogP contribution in [0.15, 0.2) is 29.6 Å². The van der Waals surface area contributed by atoms with E-state index in [9.17, 15) is 0 Å². The topological polar surface area (TPSA) is 22.1 Å². The standard InChI is InChI=1S/C21H25NOS/c1-2-23-18-5-3-17(4-6-18)20-22-19(13-24-20)21-10-14-7-15(11-21)9-16(8-14)12-21/h3-6,13-16H,2,7-12H2,1H3. The van der Waals surface area contributed by atoms with E-state index in [2.05, 4.69) is 29.6 Å². The highest BCUT2D eigenvalue weighted by Crippen LogP contribution is 2.60. The Bertz CT molecular complexity index is 697. The first-order chi connectivity index (χ1) is 11.7. The Hall–Kier alpha value is -1.35. The fourth-order valence-corrected chi connectivity index (χ4v) is 6.88. The van der Waals surface area contributed by atoms with Gasteiger partial charge in [-0.05, 0) is 87.5 Å². The summed E-state index contributed by atoms with van der Waals surface area (Å²) in [5.74, 6) is 3.88. The molecule has 24 heavy (non-hydrogen) atoms. The van der Waals surface area contributed by atoms with Gasteiger partial charge in [-0.2, -0.15) is 0 Å². The zero-order valence-electron chi connectivity index (χ0n) is 14.3. The quantitative estimate of drug-likeness (QED) is 0.715. The molecule has 4 aliphatic carbocycles. The Labute approximate surface area is 148 Å². The van der Waals surface area contributed by atoms with Crippen molar-refractivity contribution in [3.8, 4) is 16.3 Å². The molecular weight excluding hydrogens is 314 g/mol. The normalized spacial score (nSPS) is 33.8. The third kappa shape index (κ3) is 2.40. The first-order valence-electron chi connectivity index (χ1n) is 9.43. The third-order valence-electron chi connectivity index (χ3n) is 6.50. The Balaban J connectivity index is 1.43. The van der Waals surface area contributed by atoms with E-state index < -0.39 is 0 Å². The van der Waals surface area contributed by atoms with Crippen LogP contribution in [-0.2, 0) is 5.41 Å². The lowest BCUT2D eigenvalue weighted by molar-refractivity contribution is -0.00689. The molecule has 1 aromatic heterocycles. The summed E-state index contributed by atoms with van der Waals surface area (Å²) in [7, 11) is 0. The van der Waals surface area contributed by atoms with E-state index in [1.165, 1.54) is 54.8 Å². The van der Waals surface area contributed by atoms with Crippen LogP contribution in [0.25, 0.3) is 10.6 Å². The van der Waals surface area contributed by atoms with E-state index in [0.717, 1.165) is 23.5 Å². The summed E-state index contributed by atoms with van der Waals surface area (Å²) in [5, 5.41) is 3.53. The van der Waals surface area contributed by atoms with Gasteiger partial charge in [0.05, 0.1) is 12.3 Å². The highest BCUT2D eigenvalue weighted by atomic mass is 32.1. The molecule has 6 rings (SSSR count). The summed E-state index contributed by atoms with van der Waals surface area (Å²) in [5.41, 5.74) is 3.03. The number of aromatic nitrogens is 1. The van der Waals surface area contributed by atoms with E-state index in [1.807, 2.05) is 18.3 Å². The van der Waals surface area contributed by atoms with Gasteiger partial charge in [0.15, 0.2) is 0 Å². The highest BCUT2D eigenvalue weighted by Gasteiger charge is 2.52. The molecule has 0 aliphatic heterocycles. The average molecular weight is 340 g/mol. The number of thiazole rings is 1. The molecule has 4 bridgehead atoms. The molecule has 0 unspecified atom stereocenters. The number of hydrogen-bond acceptors (Lipinski definition) is 3.